The molecule has 0 spiro atoms. The van der Waals surface area contributed by atoms with E-state index in [1.807, 2.05) is 36.4 Å². The number of ether oxygens (including phenoxy) is 1. The number of carbonyl (C=O) groups is 4. The van der Waals surface area contributed by atoms with Crippen LogP contribution in [0.4, 0.5) is 4.79 Å². The minimum atomic E-state index is -1.42. The first-order valence-electron chi connectivity index (χ1n) is 14.9. The maximum atomic E-state index is 14.1. The van der Waals surface area contributed by atoms with Crippen molar-refractivity contribution >= 4 is 39.8 Å². The van der Waals surface area contributed by atoms with E-state index in [2.05, 4.69) is 42.0 Å². The molecule has 1 saturated heterocycles. The molecule has 0 radical (unpaired) electrons. The molecule has 3 amide bonds. The Bertz CT molecular complexity index is 1440. The van der Waals surface area contributed by atoms with E-state index in [1.54, 1.807) is 20.8 Å². The Morgan fingerprint density at radius 3 is 2.61 bits per heavy atom. The third kappa shape index (κ3) is 7.11. The van der Waals surface area contributed by atoms with Gasteiger partial charge < -0.3 is 25.4 Å². The first kappa shape index (κ1) is 31.6. The normalized spacial score (nSPS) is 27.8. The highest BCUT2D eigenvalue weighted by atomic mass is 79.9. The first-order valence-corrected chi connectivity index (χ1v) is 15.7. The molecule has 0 bridgehead atoms. The van der Waals surface area contributed by atoms with Crippen LogP contribution in [0.25, 0.3) is 11.4 Å². The third-order valence-electron chi connectivity index (χ3n) is 8.19. The topological polar surface area (TPSA) is 169 Å². The number of allylic oxidation sites excluding steroid dienone is 1. The maximum Gasteiger partial charge on any atom is 0.408 e. The zero-order valence-electron chi connectivity index (χ0n) is 25.0. The lowest BCUT2D eigenvalue weighted by Gasteiger charge is -2.30. The van der Waals surface area contributed by atoms with Gasteiger partial charge in [-0.25, -0.2) is 9.59 Å². The van der Waals surface area contributed by atoms with Crippen molar-refractivity contribution in [3.05, 3.63) is 40.9 Å². The van der Waals surface area contributed by atoms with Crippen LogP contribution in [0.15, 0.2) is 40.9 Å². The van der Waals surface area contributed by atoms with Crippen LogP contribution in [0.2, 0.25) is 0 Å². The number of halogens is 1. The molecule has 5 rings (SSSR count). The van der Waals surface area contributed by atoms with E-state index in [-0.39, 0.29) is 25.3 Å². The summed E-state index contributed by atoms with van der Waals surface area (Å²) in [7, 11) is 0. The van der Waals surface area contributed by atoms with Crippen LogP contribution in [0.5, 0.6) is 0 Å². The Morgan fingerprint density at radius 1 is 1.16 bits per heavy atom. The molecule has 13 nitrogen and oxygen atoms in total. The van der Waals surface area contributed by atoms with Gasteiger partial charge in [0.1, 0.15) is 23.2 Å². The Balaban J connectivity index is 1.44. The summed E-state index contributed by atoms with van der Waals surface area (Å²) >= 11 is 3.41. The predicted molar refractivity (Wildman–Crippen MR) is 162 cm³/mol. The summed E-state index contributed by atoms with van der Waals surface area (Å²) in [6, 6.07) is 4.96. The third-order valence-corrected chi connectivity index (χ3v) is 8.71. The number of carboxylic acid groups (broad SMARTS) is 1. The van der Waals surface area contributed by atoms with Gasteiger partial charge in [0.05, 0.1) is 6.04 Å². The second kappa shape index (κ2) is 12.7. The molecule has 44 heavy (non-hydrogen) atoms. The molecule has 14 heteroatoms. The standard InChI is InChI=1S/C30H38BrN7O6/c1-29(2,3)44-28(43)32-22-10-8-6-4-5-7-9-19-16-30(19,27(41)42)33-25(39)23-15-21(17-37(23)26(22)40)38-35-24(34-36-38)18-11-13-20(31)14-12-18/h7,9,11-14,19,21-23H,4-6,8,10,15-17H2,1-3H3,(H,32,43)(H,33,39)(H,41,42)/t19-,21-,22+,23+,30-/m1/s1. The highest BCUT2D eigenvalue weighted by Crippen LogP contribution is 2.45. The van der Waals surface area contributed by atoms with Gasteiger partial charge in [-0.3, -0.25) is 9.59 Å². The number of carbonyl (C=O) groups excluding carboxylic acids is 3. The fourth-order valence-electron chi connectivity index (χ4n) is 5.79. The number of amides is 3. The van der Waals surface area contributed by atoms with Gasteiger partial charge in [0.15, 0.2) is 0 Å². The minimum absolute atomic E-state index is 0.0724. The van der Waals surface area contributed by atoms with Crippen molar-refractivity contribution in [3.8, 4) is 11.4 Å². The van der Waals surface area contributed by atoms with Crippen molar-refractivity contribution in [2.24, 2.45) is 5.92 Å². The molecule has 2 aromatic rings. The summed E-state index contributed by atoms with van der Waals surface area (Å²) in [5, 5.41) is 28.5. The maximum absolute atomic E-state index is 14.1. The van der Waals surface area contributed by atoms with Gasteiger partial charge in [0, 0.05) is 28.9 Å². The molecule has 236 valence electrons. The predicted octanol–water partition coefficient (Wildman–Crippen LogP) is 3.62. The Kier molecular flexibility index (Phi) is 9.10. The zero-order chi connectivity index (χ0) is 31.6. The van der Waals surface area contributed by atoms with E-state index >= 15 is 0 Å². The molecule has 3 heterocycles. The molecule has 2 fully saturated rings. The number of hydrogen-bond donors (Lipinski definition) is 3. The SMILES string of the molecule is CC(C)(C)OC(=O)N[C@H]1CCCCCC=C[C@@H]2C[C@@]2(C(=O)O)NC(=O)[C@@H]2C[C@@H](n3nnc(-c4ccc(Br)cc4)n3)CN2C1=O. The van der Waals surface area contributed by atoms with Gasteiger partial charge in [-0.2, -0.15) is 4.80 Å². The molecule has 1 aromatic carbocycles. The molecule has 1 aromatic heterocycles. The monoisotopic (exact) mass is 671 g/mol. The van der Waals surface area contributed by atoms with E-state index < -0.39 is 53.1 Å². The summed E-state index contributed by atoms with van der Waals surface area (Å²) in [5.41, 5.74) is -1.44. The summed E-state index contributed by atoms with van der Waals surface area (Å²) in [6.45, 7) is 5.28. The van der Waals surface area contributed by atoms with E-state index in [0.29, 0.717) is 18.7 Å². The number of rotatable bonds is 4. The number of tetrazole rings is 1. The summed E-state index contributed by atoms with van der Waals surface area (Å²) in [6.07, 6.45) is 6.94. The Morgan fingerprint density at radius 2 is 1.91 bits per heavy atom. The van der Waals surface area contributed by atoms with Gasteiger partial charge >= 0.3 is 12.1 Å². The van der Waals surface area contributed by atoms with Crippen LogP contribution in [-0.2, 0) is 19.1 Å². The molecule has 5 atom stereocenters. The number of carboxylic acids is 1. The van der Waals surface area contributed by atoms with Gasteiger partial charge in [0.2, 0.25) is 17.6 Å². The summed E-state index contributed by atoms with van der Waals surface area (Å²) in [5.74, 6) is -2.07. The number of aromatic nitrogens is 4. The number of aliphatic carboxylic acids is 1. The van der Waals surface area contributed by atoms with Crippen molar-refractivity contribution in [3.63, 3.8) is 0 Å². The highest BCUT2D eigenvalue weighted by molar-refractivity contribution is 9.10. The molecule has 0 unspecified atom stereocenters. The molecule has 1 aliphatic carbocycles. The van der Waals surface area contributed by atoms with Crippen molar-refractivity contribution in [2.45, 2.75) is 95.0 Å². The van der Waals surface area contributed by atoms with Crippen molar-refractivity contribution in [2.75, 3.05) is 6.54 Å². The van der Waals surface area contributed by atoms with E-state index in [0.717, 1.165) is 29.3 Å². The molecule has 3 N–H and O–H groups in total. The fraction of sp³-hybridized carbons (Fsp3) is 0.567. The molecule has 2 aliphatic heterocycles. The smallest absolute Gasteiger partial charge is 0.408 e. The van der Waals surface area contributed by atoms with E-state index in [1.165, 1.54) is 9.70 Å². The molecule has 1 saturated carbocycles. The number of nitrogens with zero attached hydrogens (tertiary/aromatic N) is 5. The second-order valence-corrected chi connectivity index (χ2v) is 13.6. The summed E-state index contributed by atoms with van der Waals surface area (Å²) < 4.78 is 6.34. The molecular formula is C30H38BrN7O6. The van der Waals surface area contributed by atoms with Gasteiger partial charge in [-0.1, -0.05) is 40.9 Å². The van der Waals surface area contributed by atoms with Crippen molar-refractivity contribution in [1.29, 1.82) is 0 Å². The van der Waals surface area contributed by atoms with Crippen LogP contribution in [-0.4, -0.2) is 83.9 Å². The lowest BCUT2D eigenvalue weighted by Crippen LogP contribution is -2.56. The number of benzene rings is 1. The van der Waals surface area contributed by atoms with Crippen LogP contribution in [0.1, 0.15) is 71.8 Å². The van der Waals surface area contributed by atoms with E-state index in [4.69, 9.17) is 4.74 Å². The number of hydrogen-bond acceptors (Lipinski definition) is 8. The Hall–Kier alpha value is -3.81. The molecular weight excluding hydrogens is 634 g/mol. The van der Waals surface area contributed by atoms with Gasteiger partial charge in [-0.15, -0.1) is 10.2 Å². The number of fused-ring (bicyclic) bond motifs is 2. The fourth-order valence-corrected chi connectivity index (χ4v) is 6.05. The van der Waals surface area contributed by atoms with Crippen molar-refractivity contribution in [1.82, 2.24) is 35.7 Å². The largest absolute Gasteiger partial charge is 0.479 e. The molecule has 3 aliphatic rings. The average molecular weight is 673 g/mol. The van der Waals surface area contributed by atoms with Crippen molar-refractivity contribution < 1.29 is 29.0 Å². The van der Waals surface area contributed by atoms with Crippen LogP contribution >= 0.6 is 15.9 Å². The lowest BCUT2D eigenvalue weighted by atomic mass is 10.0. The second-order valence-electron chi connectivity index (χ2n) is 12.7. The van der Waals surface area contributed by atoms with Crippen LogP contribution in [0.3, 0.4) is 0 Å². The van der Waals surface area contributed by atoms with Gasteiger partial charge in [0.25, 0.3) is 0 Å². The van der Waals surface area contributed by atoms with Gasteiger partial charge in [-0.05, 0) is 75.9 Å². The minimum Gasteiger partial charge on any atom is -0.479 e. The first-order chi connectivity index (χ1) is 20.9. The van der Waals surface area contributed by atoms with E-state index in [9.17, 15) is 24.3 Å². The summed E-state index contributed by atoms with van der Waals surface area (Å²) in [4.78, 5) is 55.8. The quantitative estimate of drug-likeness (QED) is 0.411. The number of alkyl carbamates (subject to hydrolysis) is 1. The van der Waals surface area contributed by atoms with Crippen LogP contribution < -0.4 is 10.6 Å². The zero-order valence-corrected chi connectivity index (χ0v) is 26.6. The average Bonchev–Trinajstić information content (AvgIpc) is 3.26. The lowest BCUT2D eigenvalue weighted by molar-refractivity contribution is -0.145. The Labute approximate surface area is 263 Å². The van der Waals surface area contributed by atoms with Crippen LogP contribution in [0, 0.1) is 5.92 Å². The highest BCUT2D eigenvalue weighted by Gasteiger charge is 2.61. The number of nitrogens with one attached hydrogen (secondary N) is 2.